The molecule has 2 aromatic carbocycles. The number of benzene rings is 2. The third-order valence-electron chi connectivity index (χ3n) is 11.3. The van der Waals surface area contributed by atoms with E-state index in [0.717, 1.165) is 43.3 Å². The van der Waals surface area contributed by atoms with E-state index in [2.05, 4.69) is 25.8 Å². The van der Waals surface area contributed by atoms with Crippen LogP contribution in [0.2, 0.25) is 5.02 Å². The molecular weight excluding hydrogens is 864 g/mol. The third-order valence-corrected chi connectivity index (χ3v) is 11.6. The van der Waals surface area contributed by atoms with E-state index in [1.165, 1.54) is 16.5 Å². The number of carbonyl (C=O) groups excluding carboxylic acids is 4. The van der Waals surface area contributed by atoms with Crippen LogP contribution < -0.4 is 35.9 Å². The smallest absolute Gasteiger partial charge is 0.293 e. The lowest BCUT2D eigenvalue weighted by Crippen LogP contribution is -2.52. The maximum absolute atomic E-state index is 12.9. The number of halogens is 1. The largest absolute Gasteiger partial charge is 0.493 e. The molecule has 5 heterocycles. The molecule has 4 aromatic rings. The number of piperidine rings is 2. The van der Waals surface area contributed by atoms with E-state index in [1.807, 2.05) is 24.3 Å². The minimum absolute atomic E-state index is 0.0704. The highest BCUT2D eigenvalue weighted by molar-refractivity contribution is 6.33. The molecule has 20 heteroatoms. The number of fused-ring (bicyclic) bond motifs is 2. The van der Waals surface area contributed by atoms with Crippen molar-refractivity contribution in [1.29, 1.82) is 0 Å². The first-order chi connectivity index (χ1) is 31.6. The first-order valence-electron chi connectivity index (χ1n) is 21.8. The zero-order valence-corrected chi connectivity index (χ0v) is 37.4. The van der Waals surface area contributed by atoms with Gasteiger partial charge in [0.25, 0.3) is 17.4 Å². The van der Waals surface area contributed by atoms with E-state index in [9.17, 15) is 24.0 Å². The molecule has 0 saturated carbocycles. The van der Waals surface area contributed by atoms with Gasteiger partial charge in [-0.05, 0) is 73.7 Å². The first-order valence-corrected chi connectivity index (χ1v) is 22.2. The summed E-state index contributed by atoms with van der Waals surface area (Å²) in [7, 11) is 3.15. The molecule has 19 nitrogen and oxygen atoms in total. The minimum Gasteiger partial charge on any atom is -0.493 e. The van der Waals surface area contributed by atoms with E-state index in [4.69, 9.17) is 45.0 Å². The molecule has 3 aliphatic heterocycles. The number of amides is 4. The third kappa shape index (κ3) is 12.5. The van der Waals surface area contributed by atoms with Gasteiger partial charge < -0.3 is 53.4 Å². The molecule has 0 spiro atoms. The van der Waals surface area contributed by atoms with Gasteiger partial charge in [0, 0.05) is 83.0 Å². The molecule has 4 amide bonds. The second-order valence-corrected chi connectivity index (χ2v) is 16.2. The molecular formula is C45H55ClN8O11. The number of carbonyl (C=O) groups is 4. The number of ether oxygens (including phenoxy) is 6. The summed E-state index contributed by atoms with van der Waals surface area (Å²) in [6, 6.07) is 11.8. The van der Waals surface area contributed by atoms with Gasteiger partial charge >= 0.3 is 0 Å². The van der Waals surface area contributed by atoms with Crippen molar-refractivity contribution in [1.82, 2.24) is 30.1 Å². The Morgan fingerprint density at radius 1 is 0.877 bits per heavy atom. The standard InChI is InChI=1S/C45H55ClN8O11/c1-47-40(56)28-65-38-25-29-23-31(5-8-36(29)52(2)44(38)59)49-41-35(46)26-48-45(51-41)53-13-11-32(12-14-53)64-22-21-62-20-19-61-16-3-15-60-17-4-18-63-33-6-7-34-30(24-33)27-54(43(34)58)37-9-10-39(55)50-42(37)57/h5-8,23-26,32,37H,3-4,9-22,27-28H2,1-2H3,(H,47,56)(H,48,49,51)(H,50,55,57). The molecule has 1 atom stereocenters. The molecule has 3 N–H and O–H groups in total. The second-order valence-electron chi connectivity index (χ2n) is 15.8. The fraction of sp³-hybridized carbons (Fsp3) is 0.489. The van der Waals surface area contributed by atoms with Crippen LogP contribution in [0.3, 0.4) is 0 Å². The lowest BCUT2D eigenvalue weighted by Gasteiger charge is -2.32. The van der Waals surface area contributed by atoms with Gasteiger partial charge in [0.1, 0.15) is 16.8 Å². The molecule has 348 valence electrons. The average molecular weight is 919 g/mol. The predicted octanol–water partition coefficient (Wildman–Crippen LogP) is 3.51. The lowest BCUT2D eigenvalue weighted by molar-refractivity contribution is -0.137. The van der Waals surface area contributed by atoms with Crippen LogP contribution in [0, 0.1) is 0 Å². The molecule has 65 heavy (non-hydrogen) atoms. The molecule has 7 rings (SSSR count). The zero-order valence-electron chi connectivity index (χ0n) is 36.6. The number of likely N-dealkylation sites (N-methyl/N-ethyl adjacent to an activating group) is 1. The molecule has 1 unspecified atom stereocenters. The molecule has 0 radical (unpaired) electrons. The highest BCUT2D eigenvalue weighted by atomic mass is 35.5. The van der Waals surface area contributed by atoms with E-state index in [1.54, 1.807) is 31.4 Å². The molecule has 3 aliphatic rings. The van der Waals surface area contributed by atoms with Crippen molar-refractivity contribution in [3.05, 3.63) is 75.2 Å². The summed E-state index contributed by atoms with van der Waals surface area (Å²) >= 11 is 6.51. The van der Waals surface area contributed by atoms with Crippen molar-refractivity contribution in [2.45, 2.75) is 57.2 Å². The summed E-state index contributed by atoms with van der Waals surface area (Å²) < 4.78 is 36.0. The van der Waals surface area contributed by atoms with E-state index in [-0.39, 0.29) is 48.2 Å². The fourth-order valence-electron chi connectivity index (χ4n) is 7.76. The fourth-order valence-corrected chi connectivity index (χ4v) is 7.90. The van der Waals surface area contributed by atoms with Gasteiger partial charge in [0.15, 0.2) is 18.2 Å². The number of rotatable bonds is 23. The van der Waals surface area contributed by atoms with E-state index >= 15 is 0 Å². The Balaban J connectivity index is 0.706. The van der Waals surface area contributed by atoms with Crippen molar-refractivity contribution in [2.24, 2.45) is 7.05 Å². The Bertz CT molecular complexity index is 2390. The maximum atomic E-state index is 12.9. The number of pyridine rings is 1. The van der Waals surface area contributed by atoms with Gasteiger partial charge in [-0.1, -0.05) is 11.6 Å². The van der Waals surface area contributed by atoms with E-state index in [0.29, 0.717) is 112 Å². The molecule has 2 aromatic heterocycles. The molecule has 2 fully saturated rings. The Hall–Kier alpha value is -5.86. The van der Waals surface area contributed by atoms with Crippen LogP contribution in [0.5, 0.6) is 11.5 Å². The monoisotopic (exact) mass is 918 g/mol. The zero-order chi connectivity index (χ0) is 45.7. The number of hydrogen-bond donors (Lipinski definition) is 3. The van der Waals surface area contributed by atoms with Crippen molar-refractivity contribution < 1.29 is 47.6 Å². The predicted molar refractivity (Wildman–Crippen MR) is 240 cm³/mol. The highest BCUT2D eigenvalue weighted by Gasteiger charge is 2.39. The maximum Gasteiger partial charge on any atom is 0.293 e. The molecule has 0 bridgehead atoms. The summed E-state index contributed by atoms with van der Waals surface area (Å²) in [4.78, 5) is 73.9. The second kappa shape index (κ2) is 22.9. The Morgan fingerprint density at radius 2 is 1.62 bits per heavy atom. The van der Waals surface area contributed by atoms with Crippen molar-refractivity contribution in [2.75, 3.05) is 89.8 Å². The minimum atomic E-state index is -0.641. The summed E-state index contributed by atoms with van der Waals surface area (Å²) in [5, 5.41) is 9.15. The average Bonchev–Trinajstić information content (AvgIpc) is 3.63. The van der Waals surface area contributed by atoms with Crippen LogP contribution in [0.4, 0.5) is 17.5 Å². The Labute approximate surface area is 381 Å². The number of anilines is 3. The summed E-state index contributed by atoms with van der Waals surface area (Å²) in [6.45, 7) is 5.56. The van der Waals surface area contributed by atoms with Gasteiger partial charge in [0.05, 0.1) is 50.9 Å². The number of nitrogens with one attached hydrogen (secondary N) is 3. The van der Waals surface area contributed by atoms with Gasteiger partial charge in [-0.2, -0.15) is 4.98 Å². The summed E-state index contributed by atoms with van der Waals surface area (Å²) in [5.41, 5.74) is 2.40. The quantitative estimate of drug-likeness (QED) is 0.0718. The molecule has 2 saturated heterocycles. The van der Waals surface area contributed by atoms with Crippen LogP contribution >= 0.6 is 11.6 Å². The Kier molecular flexibility index (Phi) is 16.6. The van der Waals surface area contributed by atoms with Crippen molar-refractivity contribution in [3.63, 3.8) is 0 Å². The number of hydrogen-bond acceptors (Lipinski definition) is 15. The lowest BCUT2D eigenvalue weighted by atomic mass is 10.0. The van der Waals surface area contributed by atoms with Crippen LogP contribution in [0.15, 0.2) is 53.5 Å². The van der Waals surface area contributed by atoms with Gasteiger partial charge in [-0.25, -0.2) is 4.98 Å². The normalized spacial score (nSPS) is 16.5. The number of nitrogens with zero attached hydrogens (tertiary/aromatic N) is 5. The Morgan fingerprint density at radius 3 is 2.38 bits per heavy atom. The van der Waals surface area contributed by atoms with Crippen LogP contribution in [-0.4, -0.2) is 135 Å². The number of aryl methyl sites for hydroxylation is 1. The van der Waals surface area contributed by atoms with Crippen LogP contribution in [0.1, 0.15) is 54.4 Å². The van der Waals surface area contributed by atoms with Crippen molar-refractivity contribution >= 4 is 63.6 Å². The van der Waals surface area contributed by atoms with Gasteiger partial charge in [0.2, 0.25) is 17.8 Å². The number of aromatic nitrogens is 3. The van der Waals surface area contributed by atoms with Gasteiger partial charge in [-0.3, -0.25) is 29.3 Å². The summed E-state index contributed by atoms with van der Waals surface area (Å²) in [5.74, 6) is 0.444. The molecule has 0 aliphatic carbocycles. The van der Waals surface area contributed by atoms with Gasteiger partial charge in [-0.15, -0.1) is 0 Å². The topological polar surface area (TPSA) is 214 Å². The highest BCUT2D eigenvalue weighted by Crippen LogP contribution is 2.31. The number of imide groups is 1. The van der Waals surface area contributed by atoms with Crippen molar-refractivity contribution in [3.8, 4) is 11.5 Å². The summed E-state index contributed by atoms with van der Waals surface area (Å²) in [6.07, 6.45) is 5.32. The first kappa shape index (κ1) is 47.1. The van der Waals surface area contributed by atoms with Crippen LogP contribution in [0.25, 0.3) is 10.9 Å². The van der Waals surface area contributed by atoms with Crippen LogP contribution in [-0.2, 0) is 46.9 Å². The van der Waals surface area contributed by atoms with E-state index < -0.39 is 11.9 Å². The SMILES string of the molecule is CNC(=O)COc1cc2cc(Nc3nc(N4CCC(OCCOCCOCCCOCCCOc5ccc6c(c5)CN(C5CCC(=O)NC5=O)C6=O)CC4)ncc3Cl)ccc2n(C)c1=O.